The van der Waals surface area contributed by atoms with Crippen LogP contribution in [0.25, 0.3) is 0 Å². The molecule has 0 bridgehead atoms. The van der Waals surface area contributed by atoms with E-state index in [0.29, 0.717) is 18.6 Å². The molecule has 1 unspecified atom stereocenters. The summed E-state index contributed by atoms with van der Waals surface area (Å²) in [4.78, 5) is 30.4. The first-order valence-corrected chi connectivity index (χ1v) is 8.57. The Morgan fingerprint density at radius 1 is 1.29 bits per heavy atom. The standard InChI is InChI=1S/C18H21F3N4O3/c1-11(12-4-6-13(7-5-12)18(19,20)21)23-16(27)14-10-15(26)25-17(24-14)28-9-3-8-22-2/h4-7,10-11,22H,3,8-9H2,1-2H3,(H,23,27)(H,24,25,26). The summed E-state index contributed by atoms with van der Waals surface area (Å²) in [6.07, 6.45) is -3.74. The third-order valence-electron chi connectivity index (χ3n) is 3.85. The van der Waals surface area contributed by atoms with Gasteiger partial charge in [0.1, 0.15) is 5.69 Å². The summed E-state index contributed by atoms with van der Waals surface area (Å²) in [5.74, 6) is -0.640. The zero-order valence-electron chi connectivity index (χ0n) is 15.4. The van der Waals surface area contributed by atoms with Gasteiger partial charge in [-0.15, -0.1) is 0 Å². The minimum atomic E-state index is -4.43. The molecule has 0 aliphatic carbocycles. The molecule has 2 aromatic rings. The highest BCUT2D eigenvalue weighted by Crippen LogP contribution is 2.29. The molecular weight excluding hydrogens is 377 g/mol. The third kappa shape index (κ3) is 6.08. The summed E-state index contributed by atoms with van der Waals surface area (Å²) in [5.41, 5.74) is -0.988. The molecule has 1 aromatic heterocycles. The van der Waals surface area contributed by atoms with Crippen LogP contribution >= 0.6 is 0 Å². The van der Waals surface area contributed by atoms with Crippen molar-refractivity contribution in [3.63, 3.8) is 0 Å². The molecule has 1 heterocycles. The summed E-state index contributed by atoms with van der Waals surface area (Å²) >= 11 is 0. The van der Waals surface area contributed by atoms with E-state index in [9.17, 15) is 22.8 Å². The number of nitrogens with one attached hydrogen (secondary N) is 3. The van der Waals surface area contributed by atoms with Crippen LogP contribution in [0.1, 0.15) is 41.0 Å². The fourth-order valence-electron chi connectivity index (χ4n) is 2.35. The van der Waals surface area contributed by atoms with Gasteiger partial charge < -0.3 is 15.4 Å². The number of carbonyl (C=O) groups excluding carboxylic acids is 1. The van der Waals surface area contributed by atoms with Crippen LogP contribution in [0.4, 0.5) is 13.2 Å². The number of amides is 1. The van der Waals surface area contributed by atoms with Gasteiger partial charge in [0.2, 0.25) is 0 Å². The number of H-pyrrole nitrogens is 1. The molecular formula is C18H21F3N4O3. The quantitative estimate of drug-likeness (QED) is 0.593. The first-order valence-electron chi connectivity index (χ1n) is 8.57. The summed E-state index contributed by atoms with van der Waals surface area (Å²) in [6.45, 7) is 2.63. The molecule has 0 fully saturated rings. The number of hydrogen-bond acceptors (Lipinski definition) is 5. The predicted octanol–water partition coefficient (Wildman–Crippen LogP) is 2.27. The largest absolute Gasteiger partial charge is 0.465 e. The molecule has 3 N–H and O–H groups in total. The van der Waals surface area contributed by atoms with Crippen LogP contribution in [0.5, 0.6) is 6.01 Å². The maximum atomic E-state index is 12.6. The number of alkyl halides is 3. The van der Waals surface area contributed by atoms with Crippen LogP contribution in [0.15, 0.2) is 35.1 Å². The van der Waals surface area contributed by atoms with Crippen molar-refractivity contribution in [2.24, 2.45) is 0 Å². The van der Waals surface area contributed by atoms with E-state index in [1.165, 1.54) is 12.1 Å². The van der Waals surface area contributed by atoms with Crippen LogP contribution in [-0.2, 0) is 6.18 Å². The van der Waals surface area contributed by atoms with Crippen molar-refractivity contribution in [1.82, 2.24) is 20.6 Å². The van der Waals surface area contributed by atoms with Crippen molar-refractivity contribution in [3.05, 3.63) is 57.5 Å². The molecule has 10 heteroatoms. The van der Waals surface area contributed by atoms with E-state index in [-0.39, 0.29) is 11.7 Å². The van der Waals surface area contributed by atoms with Crippen LogP contribution in [0.3, 0.4) is 0 Å². The van der Waals surface area contributed by atoms with E-state index in [4.69, 9.17) is 4.74 Å². The molecule has 1 atom stereocenters. The lowest BCUT2D eigenvalue weighted by Crippen LogP contribution is -2.29. The SMILES string of the molecule is CNCCCOc1nc(C(=O)NC(C)c2ccc(C(F)(F)F)cc2)cc(=O)[nH]1. The monoisotopic (exact) mass is 398 g/mol. The molecule has 1 aromatic carbocycles. The Hall–Kier alpha value is -2.88. The fourth-order valence-corrected chi connectivity index (χ4v) is 2.35. The van der Waals surface area contributed by atoms with Gasteiger partial charge in [0.05, 0.1) is 18.2 Å². The van der Waals surface area contributed by atoms with Crippen LogP contribution in [-0.4, -0.2) is 36.1 Å². The molecule has 2 rings (SSSR count). The molecule has 0 aliphatic heterocycles. The number of aromatic amines is 1. The smallest absolute Gasteiger partial charge is 0.416 e. The number of carbonyl (C=O) groups is 1. The van der Waals surface area contributed by atoms with Gasteiger partial charge in [-0.05, 0) is 44.6 Å². The molecule has 0 saturated carbocycles. The van der Waals surface area contributed by atoms with E-state index in [1.807, 2.05) is 0 Å². The Kier molecular flexibility index (Phi) is 7.16. The summed E-state index contributed by atoms with van der Waals surface area (Å²) in [5, 5.41) is 5.55. The van der Waals surface area contributed by atoms with Crippen molar-refractivity contribution in [2.75, 3.05) is 20.2 Å². The van der Waals surface area contributed by atoms with Gasteiger partial charge in [0.15, 0.2) is 0 Å². The lowest BCUT2D eigenvalue weighted by molar-refractivity contribution is -0.137. The average Bonchev–Trinajstić information content (AvgIpc) is 2.64. The zero-order chi connectivity index (χ0) is 20.7. The summed E-state index contributed by atoms with van der Waals surface area (Å²) < 4.78 is 43.2. The van der Waals surface area contributed by atoms with Crippen LogP contribution < -0.4 is 20.9 Å². The molecule has 0 spiro atoms. The Morgan fingerprint density at radius 3 is 2.57 bits per heavy atom. The Balaban J connectivity index is 2.05. The van der Waals surface area contributed by atoms with E-state index >= 15 is 0 Å². The molecule has 0 aliphatic rings. The highest BCUT2D eigenvalue weighted by molar-refractivity contribution is 5.92. The van der Waals surface area contributed by atoms with Gasteiger partial charge in [-0.25, -0.2) is 0 Å². The van der Waals surface area contributed by atoms with Crippen molar-refractivity contribution in [2.45, 2.75) is 25.6 Å². The Bertz CT molecular complexity index is 850. The van der Waals surface area contributed by atoms with Gasteiger partial charge in [-0.3, -0.25) is 14.6 Å². The number of rotatable bonds is 8. The van der Waals surface area contributed by atoms with E-state index in [2.05, 4.69) is 20.6 Å². The van der Waals surface area contributed by atoms with Gasteiger partial charge in [0.25, 0.3) is 17.5 Å². The van der Waals surface area contributed by atoms with Gasteiger partial charge in [0, 0.05) is 6.07 Å². The molecule has 0 saturated heterocycles. The van der Waals surface area contributed by atoms with Crippen molar-refractivity contribution < 1.29 is 22.7 Å². The lowest BCUT2D eigenvalue weighted by Gasteiger charge is -2.15. The first kappa shape index (κ1) is 21.4. The summed E-state index contributed by atoms with van der Waals surface area (Å²) in [6, 6.07) is 4.83. The minimum Gasteiger partial charge on any atom is -0.465 e. The average molecular weight is 398 g/mol. The second-order valence-corrected chi connectivity index (χ2v) is 6.06. The second kappa shape index (κ2) is 9.36. The molecule has 152 valence electrons. The molecule has 28 heavy (non-hydrogen) atoms. The minimum absolute atomic E-state index is 0.0732. The molecule has 0 radical (unpaired) electrons. The van der Waals surface area contributed by atoms with Crippen molar-refractivity contribution in [3.8, 4) is 6.01 Å². The second-order valence-electron chi connectivity index (χ2n) is 6.06. The Morgan fingerprint density at radius 2 is 1.96 bits per heavy atom. The number of hydrogen-bond donors (Lipinski definition) is 3. The van der Waals surface area contributed by atoms with Crippen LogP contribution in [0.2, 0.25) is 0 Å². The first-order chi connectivity index (χ1) is 13.2. The van der Waals surface area contributed by atoms with Crippen molar-refractivity contribution >= 4 is 5.91 Å². The predicted molar refractivity (Wildman–Crippen MR) is 96.2 cm³/mol. The van der Waals surface area contributed by atoms with E-state index < -0.39 is 29.2 Å². The van der Waals surface area contributed by atoms with Gasteiger partial charge in [-0.2, -0.15) is 18.2 Å². The zero-order valence-corrected chi connectivity index (χ0v) is 15.4. The Labute approximate surface area is 159 Å². The highest BCUT2D eigenvalue weighted by Gasteiger charge is 2.30. The van der Waals surface area contributed by atoms with Gasteiger partial charge >= 0.3 is 6.18 Å². The number of benzene rings is 1. The van der Waals surface area contributed by atoms with Gasteiger partial charge in [-0.1, -0.05) is 12.1 Å². The topological polar surface area (TPSA) is 96.1 Å². The van der Waals surface area contributed by atoms with Crippen LogP contribution in [0, 0.1) is 0 Å². The fraction of sp³-hybridized carbons (Fsp3) is 0.389. The number of aromatic nitrogens is 2. The highest BCUT2D eigenvalue weighted by atomic mass is 19.4. The molecule has 1 amide bonds. The summed E-state index contributed by atoms with van der Waals surface area (Å²) in [7, 11) is 1.79. The third-order valence-corrected chi connectivity index (χ3v) is 3.85. The lowest BCUT2D eigenvalue weighted by atomic mass is 10.1. The maximum Gasteiger partial charge on any atom is 0.416 e. The number of ether oxygens (including phenoxy) is 1. The molecule has 7 nitrogen and oxygen atoms in total. The maximum absolute atomic E-state index is 12.6. The van der Waals surface area contributed by atoms with E-state index in [1.54, 1.807) is 14.0 Å². The normalized spacial score (nSPS) is 12.5. The van der Waals surface area contributed by atoms with E-state index in [0.717, 1.165) is 24.7 Å². The van der Waals surface area contributed by atoms with Crippen molar-refractivity contribution in [1.29, 1.82) is 0 Å². The number of nitrogens with zero attached hydrogens (tertiary/aromatic N) is 1. The number of halogens is 3.